The van der Waals surface area contributed by atoms with Crippen LogP contribution in [-0.2, 0) is 22.7 Å². The number of hydrogen-bond donors (Lipinski definition) is 5. The Hall–Kier alpha value is -7.02. The van der Waals surface area contributed by atoms with Crippen LogP contribution >= 0.6 is 0 Å². The molecule has 294 valence electrons. The van der Waals surface area contributed by atoms with Gasteiger partial charge in [0.2, 0.25) is 5.88 Å². The highest BCUT2D eigenvalue weighted by atomic mass is 16.5. The van der Waals surface area contributed by atoms with Gasteiger partial charge >= 0.3 is 12.1 Å². The van der Waals surface area contributed by atoms with Gasteiger partial charge in [0, 0.05) is 41.0 Å². The Labute approximate surface area is 331 Å². The van der Waals surface area contributed by atoms with E-state index in [1.807, 2.05) is 67.6 Å². The van der Waals surface area contributed by atoms with Crippen LogP contribution in [0.1, 0.15) is 81.0 Å². The zero-order valence-electron chi connectivity index (χ0n) is 31.9. The summed E-state index contributed by atoms with van der Waals surface area (Å²) in [7, 11) is 0. The van der Waals surface area contributed by atoms with Gasteiger partial charge in [-0.25, -0.2) is 14.6 Å². The van der Waals surface area contributed by atoms with E-state index < -0.39 is 23.9 Å². The van der Waals surface area contributed by atoms with Crippen molar-refractivity contribution in [3.05, 3.63) is 149 Å². The molecule has 0 aliphatic heterocycles. The number of nitrogens with one attached hydrogen (secondary N) is 4. The van der Waals surface area contributed by atoms with Gasteiger partial charge < -0.3 is 35.9 Å². The Kier molecular flexibility index (Phi) is 14.9. The lowest BCUT2D eigenvalue weighted by atomic mass is 9.95. The topological polar surface area (TPSA) is 195 Å². The fraction of sp³-hybridized carbons (Fsp3) is 0.227. The predicted molar refractivity (Wildman–Crippen MR) is 217 cm³/mol. The summed E-state index contributed by atoms with van der Waals surface area (Å²) in [6.45, 7) is 4.47. The first-order chi connectivity index (χ1) is 27.6. The lowest BCUT2D eigenvalue weighted by Crippen LogP contribution is -2.38. The minimum absolute atomic E-state index is 0.0278. The van der Waals surface area contributed by atoms with Gasteiger partial charge in [-0.2, -0.15) is 0 Å². The molecule has 3 amide bonds. The number of rotatable bonds is 18. The summed E-state index contributed by atoms with van der Waals surface area (Å²) < 4.78 is 16.7. The first-order valence-electron chi connectivity index (χ1n) is 18.7. The number of esters is 1. The normalized spacial score (nSPS) is 11.1. The fourth-order valence-electron chi connectivity index (χ4n) is 5.90. The standard InChI is InChI=1S/C44H46N6O7/c1-3-11-33(24-25-47-44(54)57-28-30-14-9-6-10-15-30)48-41(51)32-18-21-35(37(26-32)43(53)56-27-29-12-7-5-8-13-29)36-22-23-38(55-4-2)50-39(36)42(52)49-34-19-16-31(17-20-34)40(45)46/h5-10,12-23,26,33H,3-4,11,24-25,27-28H2,1-2H3,(H3,45,46)(H,47,54)(H,48,51)(H,49,52). The molecule has 13 nitrogen and oxygen atoms in total. The molecule has 13 heteroatoms. The number of carbonyl (C=O) groups excluding carboxylic acids is 4. The summed E-state index contributed by atoms with van der Waals surface area (Å²) in [5.74, 6) is -1.65. The number of hydrogen-bond acceptors (Lipinski definition) is 9. The van der Waals surface area contributed by atoms with E-state index >= 15 is 0 Å². The van der Waals surface area contributed by atoms with Crippen molar-refractivity contribution in [1.82, 2.24) is 15.6 Å². The smallest absolute Gasteiger partial charge is 0.407 e. The number of benzene rings is 4. The Bertz CT molecular complexity index is 2160. The third kappa shape index (κ3) is 12.0. The maximum Gasteiger partial charge on any atom is 0.407 e. The maximum atomic E-state index is 13.9. The van der Waals surface area contributed by atoms with Crippen LogP contribution in [0.15, 0.2) is 115 Å². The quantitative estimate of drug-likeness (QED) is 0.0346. The third-order valence-corrected chi connectivity index (χ3v) is 8.78. The van der Waals surface area contributed by atoms with Crippen LogP contribution in [0.2, 0.25) is 0 Å². The SMILES string of the molecule is CCCC(CCNC(=O)OCc1ccccc1)NC(=O)c1ccc(-c2ccc(OCC)nc2C(=O)Nc2ccc(C(=N)N)cc2)c(C(=O)OCc2ccccc2)c1. The molecule has 4 aromatic carbocycles. The van der Waals surface area contributed by atoms with Crippen molar-refractivity contribution in [2.45, 2.75) is 52.4 Å². The number of nitrogens with zero attached hydrogens (tertiary/aromatic N) is 1. The molecule has 1 aromatic heterocycles. The van der Waals surface area contributed by atoms with Crippen LogP contribution < -0.4 is 26.4 Å². The molecule has 5 aromatic rings. The molecule has 0 fully saturated rings. The molecule has 1 atom stereocenters. The van der Waals surface area contributed by atoms with Crippen molar-refractivity contribution < 1.29 is 33.4 Å². The number of pyridine rings is 1. The number of amidine groups is 1. The van der Waals surface area contributed by atoms with E-state index in [0.29, 0.717) is 41.8 Å². The molecule has 5 rings (SSSR count). The Balaban J connectivity index is 1.40. The van der Waals surface area contributed by atoms with Gasteiger partial charge in [0.05, 0.1) is 12.2 Å². The molecule has 57 heavy (non-hydrogen) atoms. The molecular weight excluding hydrogens is 725 g/mol. The van der Waals surface area contributed by atoms with Crippen LogP contribution in [0.5, 0.6) is 5.88 Å². The van der Waals surface area contributed by atoms with Crippen LogP contribution in [0.4, 0.5) is 10.5 Å². The lowest BCUT2D eigenvalue weighted by molar-refractivity contribution is 0.0473. The summed E-state index contributed by atoms with van der Waals surface area (Å²) in [5, 5.41) is 16.3. The van der Waals surface area contributed by atoms with Gasteiger partial charge in [0.25, 0.3) is 11.8 Å². The van der Waals surface area contributed by atoms with Gasteiger partial charge in [-0.15, -0.1) is 0 Å². The molecule has 0 bridgehead atoms. The number of nitrogen functional groups attached to an aromatic ring is 1. The van der Waals surface area contributed by atoms with Crippen LogP contribution in [0.3, 0.4) is 0 Å². The minimum atomic E-state index is -0.716. The number of ether oxygens (including phenoxy) is 3. The zero-order chi connectivity index (χ0) is 40.6. The highest BCUT2D eigenvalue weighted by Crippen LogP contribution is 2.31. The van der Waals surface area contributed by atoms with Crippen molar-refractivity contribution in [1.29, 1.82) is 5.41 Å². The maximum absolute atomic E-state index is 13.9. The van der Waals surface area contributed by atoms with E-state index in [1.165, 1.54) is 6.07 Å². The second-order valence-electron chi connectivity index (χ2n) is 13.0. The number of amides is 3. The monoisotopic (exact) mass is 770 g/mol. The average molecular weight is 771 g/mol. The molecule has 6 N–H and O–H groups in total. The zero-order valence-corrected chi connectivity index (χ0v) is 31.9. The minimum Gasteiger partial charge on any atom is -0.478 e. The molecule has 0 radical (unpaired) electrons. The van der Waals surface area contributed by atoms with Gasteiger partial charge in [0.15, 0.2) is 0 Å². The molecule has 0 saturated carbocycles. The van der Waals surface area contributed by atoms with E-state index in [2.05, 4.69) is 20.9 Å². The molecule has 0 saturated heterocycles. The van der Waals surface area contributed by atoms with Crippen molar-refractivity contribution in [3.8, 4) is 17.0 Å². The summed E-state index contributed by atoms with van der Waals surface area (Å²) in [6.07, 6.45) is 1.30. The second kappa shape index (κ2) is 20.6. The Morgan fingerprint density at radius 1 is 0.737 bits per heavy atom. The Morgan fingerprint density at radius 2 is 1.37 bits per heavy atom. The molecule has 0 aliphatic carbocycles. The third-order valence-electron chi connectivity index (χ3n) is 8.78. The number of anilines is 1. The molecule has 1 unspecified atom stereocenters. The molecular formula is C44H46N6O7. The fourth-order valence-corrected chi connectivity index (χ4v) is 5.90. The molecule has 1 heterocycles. The van der Waals surface area contributed by atoms with E-state index in [-0.39, 0.29) is 54.3 Å². The van der Waals surface area contributed by atoms with Crippen LogP contribution in [0.25, 0.3) is 11.1 Å². The summed E-state index contributed by atoms with van der Waals surface area (Å²) in [5.41, 5.74) is 8.94. The van der Waals surface area contributed by atoms with Gasteiger partial charge in [-0.3, -0.25) is 15.0 Å². The van der Waals surface area contributed by atoms with E-state index in [0.717, 1.165) is 17.5 Å². The summed E-state index contributed by atoms with van der Waals surface area (Å²) in [6, 6.07) is 32.5. The van der Waals surface area contributed by atoms with Crippen molar-refractivity contribution in [2.75, 3.05) is 18.5 Å². The highest BCUT2D eigenvalue weighted by Gasteiger charge is 2.24. The largest absolute Gasteiger partial charge is 0.478 e. The molecule has 0 spiro atoms. The van der Waals surface area contributed by atoms with Crippen LogP contribution in [0, 0.1) is 5.41 Å². The summed E-state index contributed by atoms with van der Waals surface area (Å²) >= 11 is 0. The first-order valence-corrected chi connectivity index (χ1v) is 18.7. The predicted octanol–water partition coefficient (Wildman–Crippen LogP) is 7.26. The van der Waals surface area contributed by atoms with Crippen LogP contribution in [-0.4, -0.2) is 53.9 Å². The second-order valence-corrected chi connectivity index (χ2v) is 13.0. The van der Waals surface area contributed by atoms with Gasteiger partial charge in [0.1, 0.15) is 24.7 Å². The van der Waals surface area contributed by atoms with E-state index in [4.69, 9.17) is 25.4 Å². The average Bonchev–Trinajstić information content (AvgIpc) is 3.23. The van der Waals surface area contributed by atoms with Gasteiger partial charge in [-0.05, 0) is 78.9 Å². The number of nitrogens with two attached hydrogens (primary N) is 1. The highest BCUT2D eigenvalue weighted by molar-refractivity contribution is 6.10. The summed E-state index contributed by atoms with van der Waals surface area (Å²) in [4.78, 5) is 58.3. The Morgan fingerprint density at radius 3 is 2.00 bits per heavy atom. The van der Waals surface area contributed by atoms with E-state index in [1.54, 1.807) is 55.5 Å². The number of alkyl carbamates (subject to hydrolysis) is 1. The lowest BCUT2D eigenvalue weighted by Gasteiger charge is -2.19. The van der Waals surface area contributed by atoms with Crippen molar-refractivity contribution in [3.63, 3.8) is 0 Å². The van der Waals surface area contributed by atoms with Gasteiger partial charge in [-0.1, -0.05) is 80.1 Å². The number of aromatic nitrogens is 1. The van der Waals surface area contributed by atoms with E-state index in [9.17, 15) is 19.2 Å². The molecule has 0 aliphatic rings. The first kappa shape index (κ1) is 41.1. The van der Waals surface area contributed by atoms with Crippen molar-refractivity contribution in [2.24, 2.45) is 5.73 Å². The van der Waals surface area contributed by atoms with Crippen molar-refractivity contribution >= 4 is 35.4 Å². The number of carbonyl (C=O) groups is 4.